The van der Waals surface area contributed by atoms with Gasteiger partial charge in [0.05, 0.1) is 10.0 Å². The van der Waals surface area contributed by atoms with Gasteiger partial charge in [0.1, 0.15) is 11.9 Å². The van der Waals surface area contributed by atoms with Crippen LogP contribution in [0.5, 0.6) is 0 Å². The van der Waals surface area contributed by atoms with E-state index in [0.717, 1.165) is 13.0 Å². The van der Waals surface area contributed by atoms with Crippen LogP contribution in [-0.2, 0) is 5.92 Å². The van der Waals surface area contributed by atoms with Gasteiger partial charge in [-0.3, -0.25) is 0 Å². The molecule has 0 heterocycles. The van der Waals surface area contributed by atoms with Crippen molar-refractivity contribution in [3.63, 3.8) is 0 Å². The lowest BCUT2D eigenvalue weighted by atomic mass is 10.0. The zero-order chi connectivity index (χ0) is 10.9. The number of aliphatic hydroxyl groups is 1. The van der Waals surface area contributed by atoms with E-state index in [-0.39, 0.29) is 4.47 Å². The molecule has 1 rings (SSSR count). The van der Waals surface area contributed by atoms with Crippen molar-refractivity contribution in [2.75, 3.05) is 0 Å². The van der Waals surface area contributed by atoms with Gasteiger partial charge in [0.25, 0.3) is 0 Å². The molecule has 0 saturated heterocycles. The zero-order valence-electron chi connectivity index (χ0n) is 7.27. The Morgan fingerprint density at radius 3 is 2.50 bits per heavy atom. The third-order valence-corrected chi connectivity index (χ3v) is 2.45. The van der Waals surface area contributed by atoms with E-state index in [4.69, 9.17) is 5.11 Å². The van der Waals surface area contributed by atoms with Gasteiger partial charge in [-0.15, -0.1) is 0 Å². The summed E-state index contributed by atoms with van der Waals surface area (Å²) in [5, 5.41) is 8.82. The van der Waals surface area contributed by atoms with E-state index in [1.165, 1.54) is 12.1 Å². The molecule has 0 saturated carbocycles. The molecule has 1 unspecified atom stereocenters. The highest BCUT2D eigenvalue weighted by Crippen LogP contribution is 2.35. The molecule has 0 amide bonds. The first-order chi connectivity index (χ1) is 6.37. The first kappa shape index (κ1) is 11.5. The Labute approximate surface area is 87.7 Å². The van der Waals surface area contributed by atoms with Gasteiger partial charge in [-0.25, -0.2) is 4.39 Å². The van der Waals surface area contributed by atoms with Crippen LogP contribution in [0.1, 0.15) is 12.5 Å². The van der Waals surface area contributed by atoms with E-state index in [1.54, 1.807) is 0 Å². The molecule has 0 aromatic heterocycles. The standard InChI is InChI=1S/C9H8BrF3O/c1-5(14)9(12,13)6-3-2-4-7(10)8(6)11/h2-5,14H,1H3. The molecule has 0 aliphatic rings. The molecular formula is C9H8BrF3O. The van der Waals surface area contributed by atoms with Crippen LogP contribution in [0.25, 0.3) is 0 Å². The van der Waals surface area contributed by atoms with Gasteiger partial charge in [0.2, 0.25) is 0 Å². The molecule has 1 N–H and O–H groups in total. The Hall–Kier alpha value is -0.550. The van der Waals surface area contributed by atoms with Crippen molar-refractivity contribution in [2.45, 2.75) is 19.0 Å². The fraction of sp³-hybridized carbons (Fsp3) is 0.333. The quantitative estimate of drug-likeness (QED) is 0.874. The molecular weight excluding hydrogens is 261 g/mol. The summed E-state index contributed by atoms with van der Waals surface area (Å²) < 4.78 is 39.6. The Morgan fingerprint density at radius 1 is 1.43 bits per heavy atom. The molecule has 1 aromatic rings. The lowest BCUT2D eigenvalue weighted by Gasteiger charge is -2.20. The molecule has 0 radical (unpaired) electrons. The fourth-order valence-corrected chi connectivity index (χ4v) is 1.35. The Balaban J connectivity index is 3.26. The SMILES string of the molecule is CC(O)C(F)(F)c1cccc(Br)c1F. The molecule has 0 spiro atoms. The fourth-order valence-electron chi connectivity index (χ4n) is 0.986. The van der Waals surface area contributed by atoms with Crippen molar-refractivity contribution < 1.29 is 18.3 Å². The second kappa shape index (κ2) is 3.90. The second-order valence-corrected chi connectivity index (χ2v) is 3.75. The van der Waals surface area contributed by atoms with Crippen molar-refractivity contribution in [3.05, 3.63) is 34.1 Å². The van der Waals surface area contributed by atoms with Crippen LogP contribution < -0.4 is 0 Å². The van der Waals surface area contributed by atoms with Gasteiger partial charge in [-0.05, 0) is 35.0 Å². The smallest absolute Gasteiger partial charge is 0.301 e. The molecule has 78 valence electrons. The number of hydrogen-bond acceptors (Lipinski definition) is 1. The van der Waals surface area contributed by atoms with Crippen molar-refractivity contribution in [1.82, 2.24) is 0 Å². The van der Waals surface area contributed by atoms with Crippen molar-refractivity contribution in [1.29, 1.82) is 0 Å². The molecule has 1 aromatic carbocycles. The Bertz CT molecular complexity index is 339. The molecule has 1 atom stereocenters. The lowest BCUT2D eigenvalue weighted by molar-refractivity contribution is -0.108. The summed E-state index contributed by atoms with van der Waals surface area (Å²) in [6.45, 7) is 0.917. The minimum Gasteiger partial charge on any atom is -0.387 e. The van der Waals surface area contributed by atoms with E-state index in [2.05, 4.69) is 15.9 Å². The van der Waals surface area contributed by atoms with Crippen molar-refractivity contribution in [3.8, 4) is 0 Å². The monoisotopic (exact) mass is 268 g/mol. The molecule has 0 aliphatic carbocycles. The minimum absolute atomic E-state index is 0.0460. The molecule has 0 bridgehead atoms. The first-order valence-electron chi connectivity index (χ1n) is 3.87. The summed E-state index contributed by atoms with van der Waals surface area (Å²) in [4.78, 5) is 0. The number of aliphatic hydroxyl groups excluding tert-OH is 1. The van der Waals surface area contributed by atoms with Gasteiger partial charge < -0.3 is 5.11 Å². The van der Waals surface area contributed by atoms with E-state index < -0.39 is 23.4 Å². The third kappa shape index (κ3) is 1.93. The summed E-state index contributed by atoms with van der Waals surface area (Å²) in [5.41, 5.74) is -0.804. The number of alkyl halides is 2. The molecule has 5 heteroatoms. The predicted molar refractivity (Wildman–Crippen MR) is 49.7 cm³/mol. The highest BCUT2D eigenvalue weighted by atomic mass is 79.9. The minimum atomic E-state index is -3.58. The van der Waals surface area contributed by atoms with Crippen molar-refractivity contribution >= 4 is 15.9 Å². The molecule has 0 aliphatic heterocycles. The van der Waals surface area contributed by atoms with Crippen LogP contribution in [-0.4, -0.2) is 11.2 Å². The normalized spacial score (nSPS) is 14.1. The van der Waals surface area contributed by atoms with E-state index in [9.17, 15) is 13.2 Å². The molecule has 0 fully saturated rings. The van der Waals surface area contributed by atoms with Gasteiger partial charge in [-0.2, -0.15) is 8.78 Å². The highest BCUT2D eigenvalue weighted by Gasteiger charge is 2.40. The van der Waals surface area contributed by atoms with Gasteiger partial charge in [-0.1, -0.05) is 6.07 Å². The van der Waals surface area contributed by atoms with Crippen LogP contribution in [0.2, 0.25) is 0 Å². The Morgan fingerprint density at radius 2 is 2.00 bits per heavy atom. The molecule has 14 heavy (non-hydrogen) atoms. The van der Waals surface area contributed by atoms with Gasteiger partial charge in [0.15, 0.2) is 0 Å². The van der Waals surface area contributed by atoms with Crippen LogP contribution in [0.15, 0.2) is 22.7 Å². The summed E-state index contributed by atoms with van der Waals surface area (Å²) >= 11 is 2.80. The average Bonchev–Trinajstić information content (AvgIpc) is 2.09. The van der Waals surface area contributed by atoms with E-state index in [0.29, 0.717) is 0 Å². The number of halogens is 4. The maximum Gasteiger partial charge on any atom is 0.301 e. The summed E-state index contributed by atoms with van der Waals surface area (Å²) in [6.07, 6.45) is -1.92. The van der Waals surface area contributed by atoms with E-state index in [1.807, 2.05) is 0 Å². The maximum absolute atomic E-state index is 13.2. The first-order valence-corrected chi connectivity index (χ1v) is 4.67. The second-order valence-electron chi connectivity index (χ2n) is 2.90. The third-order valence-electron chi connectivity index (χ3n) is 1.84. The van der Waals surface area contributed by atoms with Crippen LogP contribution in [0.4, 0.5) is 13.2 Å². The van der Waals surface area contributed by atoms with Crippen molar-refractivity contribution in [2.24, 2.45) is 0 Å². The van der Waals surface area contributed by atoms with Crippen LogP contribution in [0, 0.1) is 5.82 Å². The average molecular weight is 269 g/mol. The largest absolute Gasteiger partial charge is 0.387 e. The topological polar surface area (TPSA) is 20.2 Å². The lowest BCUT2D eigenvalue weighted by Crippen LogP contribution is -2.29. The number of rotatable bonds is 2. The summed E-state index contributed by atoms with van der Waals surface area (Å²) in [5.74, 6) is -4.62. The zero-order valence-corrected chi connectivity index (χ0v) is 8.85. The van der Waals surface area contributed by atoms with Gasteiger partial charge >= 0.3 is 5.92 Å². The Kier molecular flexibility index (Phi) is 3.21. The van der Waals surface area contributed by atoms with Gasteiger partial charge in [0, 0.05) is 0 Å². The number of benzene rings is 1. The van der Waals surface area contributed by atoms with Crippen LogP contribution in [0.3, 0.4) is 0 Å². The maximum atomic E-state index is 13.2. The summed E-state index contributed by atoms with van der Waals surface area (Å²) in [6, 6.07) is 3.56. The van der Waals surface area contributed by atoms with Crippen LogP contribution >= 0.6 is 15.9 Å². The molecule has 1 nitrogen and oxygen atoms in total. The highest BCUT2D eigenvalue weighted by molar-refractivity contribution is 9.10. The predicted octanol–water partition coefficient (Wildman–Crippen LogP) is 3.06. The summed E-state index contributed by atoms with van der Waals surface area (Å²) in [7, 11) is 0. The van der Waals surface area contributed by atoms with E-state index >= 15 is 0 Å². The number of hydrogen-bond donors (Lipinski definition) is 1.